The van der Waals surface area contributed by atoms with Crippen molar-refractivity contribution in [2.45, 2.75) is 25.9 Å². The SMILES string of the molecule is CC1CCCN(C(=O)c2ccc(Br)c(C(F)(F)F)c2)C1. The van der Waals surface area contributed by atoms with Crippen molar-refractivity contribution in [1.29, 1.82) is 0 Å². The lowest BCUT2D eigenvalue weighted by Crippen LogP contribution is -2.39. The molecular weight excluding hydrogens is 335 g/mol. The number of amides is 1. The van der Waals surface area contributed by atoms with Crippen LogP contribution in [0.5, 0.6) is 0 Å². The van der Waals surface area contributed by atoms with Gasteiger partial charge in [-0.1, -0.05) is 22.9 Å². The van der Waals surface area contributed by atoms with Crippen LogP contribution >= 0.6 is 15.9 Å². The highest BCUT2D eigenvalue weighted by Gasteiger charge is 2.34. The van der Waals surface area contributed by atoms with E-state index in [1.165, 1.54) is 12.1 Å². The molecule has 0 aromatic heterocycles. The van der Waals surface area contributed by atoms with Crippen LogP contribution in [0.4, 0.5) is 13.2 Å². The molecule has 0 saturated carbocycles. The number of hydrogen-bond acceptors (Lipinski definition) is 1. The molecule has 0 spiro atoms. The molecule has 1 atom stereocenters. The number of nitrogens with zero attached hydrogens (tertiary/aromatic N) is 1. The number of benzene rings is 1. The minimum Gasteiger partial charge on any atom is -0.338 e. The van der Waals surface area contributed by atoms with Crippen molar-refractivity contribution in [3.63, 3.8) is 0 Å². The lowest BCUT2D eigenvalue weighted by Gasteiger charge is -2.31. The van der Waals surface area contributed by atoms with Crippen LogP contribution in [0.2, 0.25) is 0 Å². The fraction of sp³-hybridized carbons (Fsp3) is 0.500. The second-order valence-corrected chi connectivity index (χ2v) is 6.05. The van der Waals surface area contributed by atoms with E-state index < -0.39 is 11.7 Å². The molecule has 0 bridgehead atoms. The number of halogens is 4. The third-order valence-corrected chi connectivity index (χ3v) is 4.15. The number of rotatable bonds is 1. The standard InChI is InChI=1S/C14H15BrF3NO/c1-9-3-2-6-19(8-9)13(20)10-4-5-12(15)11(7-10)14(16,17)18/h4-5,7,9H,2-3,6,8H2,1H3. The Morgan fingerprint density at radius 1 is 1.40 bits per heavy atom. The normalized spacial score (nSPS) is 20.1. The molecule has 0 aliphatic carbocycles. The maximum Gasteiger partial charge on any atom is 0.417 e. The summed E-state index contributed by atoms with van der Waals surface area (Å²) in [7, 11) is 0. The highest BCUT2D eigenvalue weighted by atomic mass is 79.9. The van der Waals surface area contributed by atoms with Gasteiger partial charge in [-0.05, 0) is 37.0 Å². The molecule has 1 aliphatic heterocycles. The predicted octanol–water partition coefficient (Wildman–Crippen LogP) is 4.34. The van der Waals surface area contributed by atoms with E-state index in [0.717, 1.165) is 18.9 Å². The Balaban J connectivity index is 2.26. The van der Waals surface area contributed by atoms with Gasteiger partial charge >= 0.3 is 6.18 Å². The molecule has 2 rings (SSSR count). The topological polar surface area (TPSA) is 20.3 Å². The molecular formula is C14H15BrF3NO. The number of likely N-dealkylation sites (tertiary alicyclic amines) is 1. The molecule has 1 aliphatic rings. The number of hydrogen-bond donors (Lipinski definition) is 0. The van der Waals surface area contributed by atoms with E-state index in [4.69, 9.17) is 0 Å². The first-order valence-electron chi connectivity index (χ1n) is 6.45. The molecule has 1 aromatic carbocycles. The predicted molar refractivity (Wildman–Crippen MR) is 73.4 cm³/mol. The Bertz CT molecular complexity index is 516. The fourth-order valence-corrected chi connectivity index (χ4v) is 2.90. The number of piperidine rings is 1. The van der Waals surface area contributed by atoms with Crippen molar-refractivity contribution in [1.82, 2.24) is 4.90 Å². The van der Waals surface area contributed by atoms with E-state index in [-0.39, 0.29) is 15.9 Å². The Hall–Kier alpha value is -1.04. The molecule has 20 heavy (non-hydrogen) atoms. The summed E-state index contributed by atoms with van der Waals surface area (Å²) in [5.74, 6) is 0.0692. The zero-order valence-corrected chi connectivity index (χ0v) is 12.6. The van der Waals surface area contributed by atoms with E-state index in [2.05, 4.69) is 15.9 Å². The zero-order valence-electron chi connectivity index (χ0n) is 11.0. The van der Waals surface area contributed by atoms with Crippen LogP contribution in [0.25, 0.3) is 0 Å². The minimum atomic E-state index is -4.47. The molecule has 1 saturated heterocycles. The Morgan fingerprint density at radius 3 is 2.70 bits per heavy atom. The van der Waals surface area contributed by atoms with Crippen molar-refractivity contribution >= 4 is 21.8 Å². The van der Waals surface area contributed by atoms with Crippen LogP contribution in [0, 0.1) is 5.92 Å². The Labute approximate surface area is 124 Å². The second kappa shape index (κ2) is 5.76. The van der Waals surface area contributed by atoms with Gasteiger partial charge in [-0.15, -0.1) is 0 Å². The van der Waals surface area contributed by atoms with Gasteiger partial charge in [0.1, 0.15) is 0 Å². The van der Waals surface area contributed by atoms with E-state index in [1.54, 1.807) is 4.90 Å². The molecule has 6 heteroatoms. The van der Waals surface area contributed by atoms with Crippen molar-refractivity contribution in [2.24, 2.45) is 5.92 Å². The Kier molecular flexibility index (Phi) is 4.42. The molecule has 1 amide bonds. The summed E-state index contributed by atoms with van der Waals surface area (Å²) in [4.78, 5) is 13.9. The zero-order chi connectivity index (χ0) is 14.9. The van der Waals surface area contributed by atoms with E-state index in [9.17, 15) is 18.0 Å². The van der Waals surface area contributed by atoms with Gasteiger partial charge in [0.15, 0.2) is 0 Å². The average Bonchev–Trinajstić information content (AvgIpc) is 2.37. The van der Waals surface area contributed by atoms with E-state index in [0.29, 0.717) is 19.0 Å². The van der Waals surface area contributed by atoms with Crippen LogP contribution < -0.4 is 0 Å². The van der Waals surface area contributed by atoms with Crippen LogP contribution in [0.1, 0.15) is 35.7 Å². The van der Waals surface area contributed by atoms with Crippen LogP contribution in [0.15, 0.2) is 22.7 Å². The van der Waals surface area contributed by atoms with Gasteiger partial charge in [0.25, 0.3) is 5.91 Å². The Morgan fingerprint density at radius 2 is 2.10 bits per heavy atom. The van der Waals surface area contributed by atoms with Gasteiger partial charge in [0.05, 0.1) is 5.56 Å². The molecule has 1 heterocycles. The first-order chi connectivity index (χ1) is 9.29. The molecule has 1 fully saturated rings. The molecule has 0 radical (unpaired) electrons. The summed E-state index contributed by atoms with van der Waals surface area (Å²) in [6.07, 6.45) is -2.52. The maximum absolute atomic E-state index is 12.8. The average molecular weight is 350 g/mol. The van der Waals surface area contributed by atoms with Crippen molar-refractivity contribution < 1.29 is 18.0 Å². The summed E-state index contributed by atoms with van der Waals surface area (Å²) in [5, 5.41) is 0. The van der Waals surface area contributed by atoms with E-state index in [1.807, 2.05) is 6.92 Å². The van der Waals surface area contributed by atoms with Gasteiger partial charge in [-0.3, -0.25) is 4.79 Å². The van der Waals surface area contributed by atoms with Crippen molar-refractivity contribution in [3.8, 4) is 0 Å². The summed E-state index contributed by atoms with van der Waals surface area (Å²) in [5.41, 5.74) is -0.719. The lowest BCUT2D eigenvalue weighted by atomic mass is 9.99. The summed E-state index contributed by atoms with van der Waals surface area (Å²) in [6, 6.07) is 3.63. The number of alkyl halides is 3. The van der Waals surface area contributed by atoms with Crippen molar-refractivity contribution in [3.05, 3.63) is 33.8 Å². The number of carbonyl (C=O) groups is 1. The smallest absolute Gasteiger partial charge is 0.338 e. The van der Waals surface area contributed by atoms with Gasteiger partial charge < -0.3 is 4.90 Å². The maximum atomic E-state index is 12.8. The summed E-state index contributed by atoms with van der Waals surface area (Å²) in [6.45, 7) is 3.26. The second-order valence-electron chi connectivity index (χ2n) is 5.19. The monoisotopic (exact) mass is 349 g/mol. The van der Waals surface area contributed by atoms with Gasteiger partial charge in [0, 0.05) is 23.1 Å². The first-order valence-corrected chi connectivity index (χ1v) is 7.24. The third-order valence-electron chi connectivity index (χ3n) is 3.46. The largest absolute Gasteiger partial charge is 0.417 e. The summed E-state index contributed by atoms with van der Waals surface area (Å²) < 4.78 is 38.5. The van der Waals surface area contributed by atoms with Crippen LogP contribution in [-0.2, 0) is 6.18 Å². The van der Waals surface area contributed by atoms with Gasteiger partial charge in [0.2, 0.25) is 0 Å². The number of carbonyl (C=O) groups excluding carboxylic acids is 1. The molecule has 2 nitrogen and oxygen atoms in total. The molecule has 1 unspecified atom stereocenters. The highest BCUT2D eigenvalue weighted by molar-refractivity contribution is 9.10. The van der Waals surface area contributed by atoms with Gasteiger partial charge in [-0.2, -0.15) is 13.2 Å². The molecule has 0 N–H and O–H groups in total. The summed E-state index contributed by atoms with van der Waals surface area (Å²) >= 11 is 2.88. The fourth-order valence-electron chi connectivity index (χ4n) is 2.43. The third kappa shape index (κ3) is 3.34. The minimum absolute atomic E-state index is 0.0476. The molecule has 110 valence electrons. The first kappa shape index (κ1) is 15.4. The van der Waals surface area contributed by atoms with E-state index >= 15 is 0 Å². The molecule has 1 aromatic rings. The highest BCUT2D eigenvalue weighted by Crippen LogP contribution is 2.35. The lowest BCUT2D eigenvalue weighted by molar-refractivity contribution is -0.138. The van der Waals surface area contributed by atoms with Crippen LogP contribution in [0.3, 0.4) is 0 Å². The van der Waals surface area contributed by atoms with Crippen LogP contribution in [-0.4, -0.2) is 23.9 Å². The van der Waals surface area contributed by atoms with Crippen molar-refractivity contribution in [2.75, 3.05) is 13.1 Å². The quantitative estimate of drug-likeness (QED) is 0.738. The van der Waals surface area contributed by atoms with Gasteiger partial charge in [-0.25, -0.2) is 0 Å².